The molecule has 18 heavy (non-hydrogen) atoms. The van der Waals surface area contributed by atoms with E-state index in [0.717, 1.165) is 32.3 Å². The van der Waals surface area contributed by atoms with Crippen LogP contribution in [0.4, 0.5) is 0 Å². The molecule has 0 aromatic rings. The van der Waals surface area contributed by atoms with Crippen molar-refractivity contribution in [1.29, 1.82) is 0 Å². The van der Waals surface area contributed by atoms with E-state index in [1.54, 1.807) is 0 Å². The van der Waals surface area contributed by atoms with Crippen LogP contribution in [0.5, 0.6) is 0 Å². The number of fused-ring (bicyclic) bond motifs is 1. The van der Waals surface area contributed by atoms with E-state index in [9.17, 15) is 4.79 Å². The first-order valence-electron chi connectivity index (χ1n) is 6.85. The summed E-state index contributed by atoms with van der Waals surface area (Å²) in [6, 6.07) is 0. The molecule has 0 aromatic heterocycles. The fourth-order valence-electron chi connectivity index (χ4n) is 2.71. The second kappa shape index (κ2) is 6.19. The van der Waals surface area contributed by atoms with Gasteiger partial charge in [0.05, 0.1) is 12.7 Å². The van der Waals surface area contributed by atoms with Crippen molar-refractivity contribution in [3.8, 4) is 0 Å². The highest BCUT2D eigenvalue weighted by Crippen LogP contribution is 2.29. The van der Waals surface area contributed by atoms with Gasteiger partial charge in [0, 0.05) is 12.3 Å². The molecule has 2 rings (SSSR count). The fraction of sp³-hybridized carbons (Fsp3) is 0.667. The van der Waals surface area contributed by atoms with Gasteiger partial charge in [0.25, 0.3) is 0 Å². The SMILES string of the molecule is CC(CCC1=CC2C=CCC[C@@H]2OC1)CC(=O)O. The molecule has 0 amide bonds. The number of aliphatic carboxylic acids is 1. The van der Waals surface area contributed by atoms with Gasteiger partial charge in [-0.15, -0.1) is 0 Å². The van der Waals surface area contributed by atoms with E-state index in [0.29, 0.717) is 12.0 Å². The molecule has 1 heterocycles. The van der Waals surface area contributed by atoms with Crippen LogP contribution in [-0.2, 0) is 9.53 Å². The molecule has 3 nitrogen and oxygen atoms in total. The monoisotopic (exact) mass is 250 g/mol. The van der Waals surface area contributed by atoms with E-state index in [1.807, 2.05) is 6.92 Å². The van der Waals surface area contributed by atoms with Crippen LogP contribution in [0, 0.1) is 11.8 Å². The molecule has 3 atom stereocenters. The number of allylic oxidation sites excluding steroid dienone is 1. The van der Waals surface area contributed by atoms with Gasteiger partial charge in [0.1, 0.15) is 0 Å². The Morgan fingerprint density at radius 3 is 3.22 bits per heavy atom. The Balaban J connectivity index is 1.83. The average Bonchev–Trinajstić information content (AvgIpc) is 2.35. The highest BCUT2D eigenvalue weighted by molar-refractivity contribution is 5.66. The molecule has 1 aliphatic carbocycles. The third-order valence-corrected chi connectivity index (χ3v) is 3.80. The number of carboxylic acids is 1. The van der Waals surface area contributed by atoms with E-state index in [-0.39, 0.29) is 12.3 Å². The van der Waals surface area contributed by atoms with E-state index >= 15 is 0 Å². The maximum absolute atomic E-state index is 10.6. The smallest absolute Gasteiger partial charge is 0.303 e. The van der Waals surface area contributed by atoms with Crippen LogP contribution in [0.1, 0.15) is 39.0 Å². The van der Waals surface area contributed by atoms with Gasteiger partial charge in [-0.1, -0.05) is 25.2 Å². The summed E-state index contributed by atoms with van der Waals surface area (Å²) < 4.78 is 5.87. The normalized spacial score (nSPS) is 28.4. The predicted molar refractivity (Wildman–Crippen MR) is 70.3 cm³/mol. The van der Waals surface area contributed by atoms with Crippen molar-refractivity contribution in [2.75, 3.05) is 6.61 Å². The quantitative estimate of drug-likeness (QED) is 0.762. The van der Waals surface area contributed by atoms with Crippen LogP contribution < -0.4 is 0 Å². The molecular weight excluding hydrogens is 228 g/mol. The maximum Gasteiger partial charge on any atom is 0.303 e. The van der Waals surface area contributed by atoms with Crippen molar-refractivity contribution in [2.45, 2.75) is 45.1 Å². The maximum atomic E-state index is 10.6. The molecule has 0 saturated heterocycles. The first-order chi connectivity index (χ1) is 8.65. The number of carboxylic acid groups (broad SMARTS) is 1. The number of ether oxygens (including phenoxy) is 1. The van der Waals surface area contributed by atoms with E-state index < -0.39 is 5.97 Å². The van der Waals surface area contributed by atoms with Gasteiger partial charge in [-0.05, 0) is 37.2 Å². The summed E-state index contributed by atoms with van der Waals surface area (Å²) in [5, 5.41) is 8.73. The molecule has 0 saturated carbocycles. The zero-order valence-corrected chi connectivity index (χ0v) is 11.0. The lowest BCUT2D eigenvalue weighted by atomic mass is 9.87. The summed E-state index contributed by atoms with van der Waals surface area (Å²) in [6.07, 6.45) is 11.6. The summed E-state index contributed by atoms with van der Waals surface area (Å²) in [7, 11) is 0. The highest BCUT2D eigenvalue weighted by atomic mass is 16.5. The Hall–Kier alpha value is -1.09. The molecule has 1 N–H and O–H groups in total. The summed E-state index contributed by atoms with van der Waals surface area (Å²) in [6.45, 7) is 2.73. The van der Waals surface area contributed by atoms with Crippen molar-refractivity contribution in [3.63, 3.8) is 0 Å². The molecule has 0 bridgehead atoms. The largest absolute Gasteiger partial charge is 0.481 e. The van der Waals surface area contributed by atoms with E-state index in [2.05, 4.69) is 18.2 Å². The van der Waals surface area contributed by atoms with Crippen LogP contribution in [0.2, 0.25) is 0 Å². The number of hydrogen-bond acceptors (Lipinski definition) is 2. The summed E-state index contributed by atoms with van der Waals surface area (Å²) >= 11 is 0. The average molecular weight is 250 g/mol. The Kier molecular flexibility index (Phi) is 4.59. The van der Waals surface area contributed by atoms with E-state index in [1.165, 1.54) is 5.57 Å². The van der Waals surface area contributed by atoms with Gasteiger partial charge in [-0.2, -0.15) is 0 Å². The second-order valence-electron chi connectivity index (χ2n) is 5.50. The molecule has 0 fully saturated rings. The third kappa shape index (κ3) is 3.70. The predicted octanol–water partition coefficient (Wildman–Crippen LogP) is 3.17. The van der Waals surface area contributed by atoms with Crippen LogP contribution >= 0.6 is 0 Å². The first-order valence-corrected chi connectivity index (χ1v) is 6.85. The van der Waals surface area contributed by atoms with Gasteiger partial charge in [-0.25, -0.2) is 0 Å². The number of carbonyl (C=O) groups is 1. The van der Waals surface area contributed by atoms with E-state index in [4.69, 9.17) is 9.84 Å². The summed E-state index contributed by atoms with van der Waals surface area (Å²) in [4.78, 5) is 10.6. The molecule has 2 unspecified atom stereocenters. The molecule has 0 aromatic carbocycles. The Morgan fingerprint density at radius 2 is 2.44 bits per heavy atom. The zero-order valence-electron chi connectivity index (χ0n) is 11.0. The molecule has 2 aliphatic rings. The lowest BCUT2D eigenvalue weighted by Gasteiger charge is -2.31. The molecular formula is C15H22O3. The molecule has 0 spiro atoms. The summed E-state index contributed by atoms with van der Waals surface area (Å²) in [5.74, 6) is -0.0213. The number of rotatable bonds is 5. The fourth-order valence-corrected chi connectivity index (χ4v) is 2.71. The minimum atomic E-state index is -0.702. The zero-order chi connectivity index (χ0) is 13.0. The Labute approximate surface area is 109 Å². The molecule has 100 valence electrons. The minimum Gasteiger partial charge on any atom is -0.481 e. The highest BCUT2D eigenvalue weighted by Gasteiger charge is 2.25. The minimum absolute atomic E-state index is 0.239. The number of hydrogen-bond donors (Lipinski definition) is 1. The van der Waals surface area contributed by atoms with Crippen molar-refractivity contribution >= 4 is 5.97 Å². The topological polar surface area (TPSA) is 46.5 Å². The Bertz CT molecular complexity index is 357. The standard InChI is InChI=1S/C15H22O3/c1-11(8-15(16)17)6-7-12-9-13-4-2-3-5-14(13)18-10-12/h2,4,9,11,13-14H,3,5-8,10H2,1H3,(H,16,17)/t11?,13?,14-/m0/s1. The lowest BCUT2D eigenvalue weighted by Crippen LogP contribution is -2.29. The van der Waals surface area contributed by atoms with Crippen molar-refractivity contribution in [3.05, 3.63) is 23.8 Å². The Morgan fingerprint density at radius 1 is 1.61 bits per heavy atom. The molecule has 3 heteroatoms. The summed E-state index contributed by atoms with van der Waals surface area (Å²) in [5.41, 5.74) is 1.33. The second-order valence-corrected chi connectivity index (χ2v) is 5.50. The molecule has 0 radical (unpaired) electrons. The van der Waals surface area contributed by atoms with Crippen molar-refractivity contribution in [1.82, 2.24) is 0 Å². The van der Waals surface area contributed by atoms with Crippen LogP contribution in [-0.4, -0.2) is 23.8 Å². The first kappa shape index (κ1) is 13.3. The van der Waals surface area contributed by atoms with Crippen molar-refractivity contribution in [2.24, 2.45) is 11.8 Å². The van der Waals surface area contributed by atoms with Crippen LogP contribution in [0.15, 0.2) is 23.8 Å². The molecule has 1 aliphatic heterocycles. The van der Waals surface area contributed by atoms with Crippen LogP contribution in [0.3, 0.4) is 0 Å². The van der Waals surface area contributed by atoms with Gasteiger partial charge in [-0.3, -0.25) is 4.79 Å². The van der Waals surface area contributed by atoms with Gasteiger partial charge < -0.3 is 9.84 Å². The van der Waals surface area contributed by atoms with Crippen molar-refractivity contribution < 1.29 is 14.6 Å². The van der Waals surface area contributed by atoms with Gasteiger partial charge >= 0.3 is 5.97 Å². The van der Waals surface area contributed by atoms with Gasteiger partial charge in [0.2, 0.25) is 0 Å². The van der Waals surface area contributed by atoms with Gasteiger partial charge in [0.15, 0.2) is 0 Å². The third-order valence-electron chi connectivity index (χ3n) is 3.80. The van der Waals surface area contributed by atoms with Crippen LogP contribution in [0.25, 0.3) is 0 Å². The lowest BCUT2D eigenvalue weighted by molar-refractivity contribution is -0.138.